The van der Waals surface area contributed by atoms with Crippen molar-refractivity contribution < 1.29 is 23.9 Å². The van der Waals surface area contributed by atoms with Crippen LogP contribution in [0.5, 0.6) is 5.75 Å². The first-order valence-electron chi connectivity index (χ1n) is 12.2. The summed E-state index contributed by atoms with van der Waals surface area (Å²) >= 11 is 0.845. The lowest BCUT2D eigenvalue weighted by molar-refractivity contribution is -0.139. The van der Waals surface area contributed by atoms with Crippen LogP contribution in [0.4, 0.5) is 10.5 Å². The SMILES string of the molecule is CCN(CC)c1ccc(/C=C2\SC(=O)N(CC(=O)N3CCOCC3)C2=O)c(OCc2ccccc2)c1. The summed E-state index contributed by atoms with van der Waals surface area (Å²) in [7, 11) is 0. The van der Waals surface area contributed by atoms with Gasteiger partial charge in [-0.3, -0.25) is 19.3 Å². The number of imide groups is 1. The van der Waals surface area contributed by atoms with Gasteiger partial charge in [-0.05, 0) is 49.4 Å². The minimum absolute atomic E-state index is 0.252. The van der Waals surface area contributed by atoms with Crippen molar-refractivity contribution in [2.45, 2.75) is 20.5 Å². The van der Waals surface area contributed by atoms with E-state index in [1.165, 1.54) is 0 Å². The Morgan fingerprint density at radius 2 is 1.81 bits per heavy atom. The average Bonchev–Trinajstić information content (AvgIpc) is 3.17. The van der Waals surface area contributed by atoms with Crippen molar-refractivity contribution in [2.24, 2.45) is 0 Å². The molecule has 36 heavy (non-hydrogen) atoms. The monoisotopic (exact) mass is 509 g/mol. The number of ether oxygens (including phenoxy) is 2. The van der Waals surface area contributed by atoms with Crippen LogP contribution < -0.4 is 9.64 Å². The van der Waals surface area contributed by atoms with Crippen LogP contribution in [0, 0.1) is 0 Å². The zero-order chi connectivity index (χ0) is 25.5. The van der Waals surface area contributed by atoms with E-state index in [-0.39, 0.29) is 17.4 Å². The normalized spacial score (nSPS) is 17.1. The fourth-order valence-corrected chi connectivity index (χ4v) is 4.94. The molecule has 0 N–H and O–H groups in total. The maximum Gasteiger partial charge on any atom is 0.294 e. The van der Waals surface area contributed by atoms with Crippen LogP contribution in [-0.2, 0) is 20.9 Å². The maximum absolute atomic E-state index is 13.1. The summed E-state index contributed by atoms with van der Waals surface area (Å²) < 4.78 is 11.5. The van der Waals surface area contributed by atoms with Crippen LogP contribution in [0.3, 0.4) is 0 Å². The van der Waals surface area contributed by atoms with Gasteiger partial charge in [0.2, 0.25) is 5.91 Å². The van der Waals surface area contributed by atoms with Crippen LogP contribution in [-0.4, -0.2) is 72.8 Å². The quantitative estimate of drug-likeness (QED) is 0.473. The van der Waals surface area contributed by atoms with E-state index in [0.717, 1.165) is 41.0 Å². The minimum atomic E-state index is -0.464. The molecular weight excluding hydrogens is 478 g/mol. The number of hydrogen-bond donors (Lipinski definition) is 0. The van der Waals surface area contributed by atoms with E-state index >= 15 is 0 Å². The third-order valence-electron chi connectivity index (χ3n) is 6.18. The lowest BCUT2D eigenvalue weighted by Crippen LogP contribution is -2.46. The van der Waals surface area contributed by atoms with E-state index in [0.29, 0.717) is 44.2 Å². The second-order valence-electron chi connectivity index (χ2n) is 8.43. The zero-order valence-corrected chi connectivity index (χ0v) is 21.5. The molecule has 2 heterocycles. The number of rotatable bonds is 9. The summed E-state index contributed by atoms with van der Waals surface area (Å²) in [5, 5.41) is -0.445. The molecule has 190 valence electrons. The lowest BCUT2D eigenvalue weighted by Gasteiger charge is -2.28. The molecule has 2 aliphatic rings. The van der Waals surface area contributed by atoms with Crippen molar-refractivity contribution in [2.75, 3.05) is 50.8 Å². The Morgan fingerprint density at radius 3 is 2.50 bits per heavy atom. The molecule has 2 aromatic carbocycles. The average molecular weight is 510 g/mol. The van der Waals surface area contributed by atoms with Gasteiger partial charge in [0.05, 0.1) is 18.1 Å². The number of carbonyl (C=O) groups is 3. The molecule has 4 rings (SSSR count). The number of benzene rings is 2. The Labute approximate surface area is 215 Å². The van der Waals surface area contributed by atoms with Gasteiger partial charge in [-0.1, -0.05) is 30.3 Å². The molecule has 0 atom stereocenters. The largest absolute Gasteiger partial charge is 0.488 e. The van der Waals surface area contributed by atoms with Gasteiger partial charge in [0.15, 0.2) is 0 Å². The molecule has 0 aliphatic carbocycles. The third kappa shape index (κ3) is 6.09. The van der Waals surface area contributed by atoms with Gasteiger partial charge >= 0.3 is 0 Å². The second kappa shape index (κ2) is 12.1. The van der Waals surface area contributed by atoms with Crippen molar-refractivity contribution in [3.8, 4) is 5.75 Å². The Morgan fingerprint density at radius 1 is 1.08 bits per heavy atom. The number of anilines is 1. The van der Waals surface area contributed by atoms with Gasteiger partial charge in [-0.15, -0.1) is 0 Å². The smallest absolute Gasteiger partial charge is 0.294 e. The lowest BCUT2D eigenvalue weighted by atomic mass is 10.1. The fraction of sp³-hybridized carbons (Fsp3) is 0.370. The van der Waals surface area contributed by atoms with Gasteiger partial charge in [0.25, 0.3) is 11.1 Å². The molecule has 0 aromatic heterocycles. The number of amides is 3. The molecule has 0 unspecified atom stereocenters. The third-order valence-corrected chi connectivity index (χ3v) is 7.09. The number of carbonyl (C=O) groups excluding carboxylic acids is 3. The molecule has 2 aromatic rings. The molecular formula is C27H31N3O5S. The van der Waals surface area contributed by atoms with Crippen molar-refractivity contribution in [3.63, 3.8) is 0 Å². The standard InChI is InChI=1S/C27H31N3O5S/c1-3-28(4-2)22-11-10-21(23(17-22)35-19-20-8-6-5-7-9-20)16-24-26(32)30(27(33)36-24)18-25(31)29-12-14-34-15-13-29/h5-11,16-17H,3-4,12-15,18-19H2,1-2H3/b24-16-. The summed E-state index contributed by atoms with van der Waals surface area (Å²) in [5.41, 5.74) is 2.75. The molecule has 2 saturated heterocycles. The van der Waals surface area contributed by atoms with Crippen LogP contribution >= 0.6 is 11.8 Å². The highest BCUT2D eigenvalue weighted by atomic mass is 32.2. The van der Waals surface area contributed by atoms with E-state index < -0.39 is 11.1 Å². The fourth-order valence-electron chi connectivity index (χ4n) is 4.11. The zero-order valence-electron chi connectivity index (χ0n) is 20.6. The molecule has 0 saturated carbocycles. The minimum Gasteiger partial charge on any atom is -0.488 e. The highest BCUT2D eigenvalue weighted by Gasteiger charge is 2.37. The van der Waals surface area contributed by atoms with Gasteiger partial charge in [-0.2, -0.15) is 0 Å². The predicted molar refractivity (Wildman–Crippen MR) is 141 cm³/mol. The Bertz CT molecular complexity index is 1130. The maximum atomic E-state index is 13.1. The van der Waals surface area contributed by atoms with Crippen LogP contribution in [0.25, 0.3) is 6.08 Å². The van der Waals surface area contributed by atoms with Crippen molar-refractivity contribution in [3.05, 3.63) is 64.6 Å². The molecule has 9 heteroatoms. The van der Waals surface area contributed by atoms with E-state index in [4.69, 9.17) is 9.47 Å². The molecule has 3 amide bonds. The molecule has 2 aliphatic heterocycles. The summed E-state index contributed by atoms with van der Waals surface area (Å²) in [4.78, 5) is 43.4. The summed E-state index contributed by atoms with van der Waals surface area (Å²) in [5.74, 6) is -0.0924. The first-order valence-corrected chi connectivity index (χ1v) is 13.0. The van der Waals surface area contributed by atoms with Crippen molar-refractivity contribution in [1.82, 2.24) is 9.80 Å². The highest BCUT2D eigenvalue weighted by molar-refractivity contribution is 8.18. The van der Waals surface area contributed by atoms with Crippen LogP contribution in [0.15, 0.2) is 53.4 Å². The first-order chi connectivity index (χ1) is 17.5. The van der Waals surface area contributed by atoms with Crippen LogP contribution in [0.1, 0.15) is 25.0 Å². The first kappa shape index (κ1) is 25.8. The Balaban J connectivity index is 1.55. The van der Waals surface area contributed by atoms with E-state index in [1.54, 1.807) is 11.0 Å². The van der Waals surface area contributed by atoms with Crippen molar-refractivity contribution >= 4 is 40.6 Å². The van der Waals surface area contributed by atoms with E-state index in [1.807, 2.05) is 48.5 Å². The number of thioether (sulfide) groups is 1. The van der Waals surface area contributed by atoms with Crippen molar-refractivity contribution in [1.29, 1.82) is 0 Å². The summed E-state index contributed by atoms with van der Waals surface area (Å²) in [6.45, 7) is 7.85. The number of hydrogen-bond acceptors (Lipinski definition) is 7. The molecule has 8 nitrogen and oxygen atoms in total. The van der Waals surface area contributed by atoms with Gasteiger partial charge in [0, 0.05) is 43.5 Å². The Hall–Kier alpha value is -3.30. The van der Waals surface area contributed by atoms with Gasteiger partial charge in [0.1, 0.15) is 18.9 Å². The predicted octanol–water partition coefficient (Wildman–Crippen LogP) is 4.01. The van der Waals surface area contributed by atoms with E-state index in [2.05, 4.69) is 18.7 Å². The molecule has 0 spiro atoms. The highest BCUT2D eigenvalue weighted by Crippen LogP contribution is 2.35. The Kier molecular flexibility index (Phi) is 8.66. The summed E-state index contributed by atoms with van der Waals surface area (Å²) in [6, 6.07) is 15.7. The number of morpholine rings is 1. The molecule has 0 radical (unpaired) electrons. The second-order valence-corrected chi connectivity index (χ2v) is 9.42. The topological polar surface area (TPSA) is 79.4 Å². The molecule has 2 fully saturated rings. The summed E-state index contributed by atoms with van der Waals surface area (Å²) in [6.07, 6.45) is 1.68. The number of nitrogens with zero attached hydrogens (tertiary/aromatic N) is 3. The van der Waals surface area contributed by atoms with Gasteiger partial charge < -0.3 is 19.3 Å². The van der Waals surface area contributed by atoms with E-state index in [9.17, 15) is 14.4 Å². The van der Waals surface area contributed by atoms with Gasteiger partial charge in [-0.25, -0.2) is 0 Å². The van der Waals surface area contributed by atoms with Crippen LogP contribution in [0.2, 0.25) is 0 Å². The molecule has 0 bridgehead atoms.